The average Bonchev–Trinajstić information content (AvgIpc) is 2.72. The van der Waals surface area contributed by atoms with Crippen LogP contribution in [0.2, 0.25) is 0 Å². The number of hydrogen-bond acceptors (Lipinski definition) is 11. The summed E-state index contributed by atoms with van der Waals surface area (Å²) in [6.07, 6.45) is -7.64. The summed E-state index contributed by atoms with van der Waals surface area (Å²) in [5, 5.41) is 36.3. The lowest BCUT2D eigenvalue weighted by Crippen LogP contribution is -2.62. The Morgan fingerprint density at radius 2 is 1.48 bits per heavy atom. The van der Waals surface area contributed by atoms with Gasteiger partial charge in [0.15, 0.2) is 30.7 Å². The predicted molar refractivity (Wildman–Crippen MR) is 102 cm³/mol. The average molecular weight is 439 g/mol. The number of carbonyl (C=O) groups excluding carboxylic acids is 3. The van der Waals surface area contributed by atoms with Crippen LogP contribution in [0.15, 0.2) is 30.3 Å². The summed E-state index contributed by atoms with van der Waals surface area (Å²) in [7, 11) is 0. The molecule has 1 saturated heterocycles. The highest BCUT2D eigenvalue weighted by Gasteiger charge is 2.51. The fraction of sp³-hybridized carbons (Fsp3) is 0.500. The largest absolute Gasteiger partial charge is 0.456 e. The van der Waals surface area contributed by atoms with Crippen LogP contribution in [0.25, 0.3) is 0 Å². The minimum Gasteiger partial charge on any atom is -0.456 e. The van der Waals surface area contributed by atoms with Crippen molar-refractivity contribution in [3.63, 3.8) is 0 Å². The monoisotopic (exact) mass is 439 g/mol. The summed E-state index contributed by atoms with van der Waals surface area (Å²) in [5.41, 5.74) is 0.644. The molecule has 0 amide bonds. The van der Waals surface area contributed by atoms with Crippen LogP contribution < -0.4 is 0 Å². The molecule has 0 spiro atoms. The van der Waals surface area contributed by atoms with Crippen LogP contribution >= 0.6 is 0 Å². The van der Waals surface area contributed by atoms with Crippen molar-refractivity contribution in [2.75, 3.05) is 6.61 Å². The van der Waals surface area contributed by atoms with Gasteiger partial charge in [-0.3, -0.25) is 14.4 Å². The van der Waals surface area contributed by atoms with Gasteiger partial charge in [0.1, 0.15) is 6.10 Å². The molecule has 0 radical (unpaired) electrons. The molecule has 31 heavy (non-hydrogen) atoms. The molecule has 0 saturated carbocycles. The molecule has 2 unspecified atom stereocenters. The molecule has 1 aromatic carbocycles. The van der Waals surface area contributed by atoms with E-state index in [0.717, 1.165) is 20.8 Å². The number of rotatable bonds is 5. The molecule has 3 N–H and O–H groups in total. The molecule has 0 bridgehead atoms. The van der Waals surface area contributed by atoms with E-state index in [9.17, 15) is 24.6 Å². The highest BCUT2D eigenvalue weighted by molar-refractivity contribution is 5.68. The molecule has 0 aromatic heterocycles. The molecule has 1 heterocycles. The van der Waals surface area contributed by atoms with Gasteiger partial charge >= 0.3 is 17.9 Å². The van der Waals surface area contributed by atoms with E-state index in [1.165, 1.54) is 0 Å². The number of aliphatic hydroxyl groups excluding tert-OH is 3. The number of ether oxygens (including phenoxy) is 4. The first-order chi connectivity index (χ1) is 14.6. The Bertz CT molecular complexity index is 778. The molecular formula is C20H25NO10. The molecule has 1 aliphatic rings. The first-order valence-corrected chi connectivity index (χ1v) is 9.19. The summed E-state index contributed by atoms with van der Waals surface area (Å²) >= 11 is 0. The van der Waals surface area contributed by atoms with Crippen LogP contribution in [-0.4, -0.2) is 70.5 Å². The Morgan fingerprint density at radius 1 is 1.00 bits per heavy atom. The third kappa shape index (κ3) is 8.31. The molecule has 170 valence electrons. The first kappa shape index (κ1) is 26.0. The van der Waals surface area contributed by atoms with Gasteiger partial charge in [-0.15, -0.1) is 0 Å². The zero-order valence-corrected chi connectivity index (χ0v) is 17.2. The quantitative estimate of drug-likeness (QED) is 0.313. The van der Waals surface area contributed by atoms with Gasteiger partial charge in [-0.05, 0) is 5.56 Å². The van der Waals surface area contributed by atoms with E-state index in [1.54, 1.807) is 30.3 Å². The second-order valence-electron chi connectivity index (χ2n) is 6.41. The van der Waals surface area contributed by atoms with Gasteiger partial charge < -0.3 is 34.3 Å². The fourth-order valence-corrected chi connectivity index (χ4v) is 2.73. The van der Waals surface area contributed by atoms with Crippen LogP contribution in [0.3, 0.4) is 0 Å². The van der Waals surface area contributed by atoms with Crippen LogP contribution in [-0.2, 0) is 33.3 Å². The number of hydrogen-bond donors (Lipinski definition) is 3. The SMILES string of the molecule is CC(=O)O[C@H]1[C@H](OC(C)=O)[C@@H](OC(C)=O)C(O)O[C@@H]1CO.N#CC(O)c1ccccc1. The molecular weight excluding hydrogens is 414 g/mol. The number of benzene rings is 1. The van der Waals surface area contributed by atoms with E-state index in [2.05, 4.69) is 0 Å². The molecule has 1 fully saturated rings. The third-order valence-corrected chi connectivity index (χ3v) is 3.93. The van der Waals surface area contributed by atoms with Crippen molar-refractivity contribution in [3.05, 3.63) is 35.9 Å². The Kier molecular flexibility index (Phi) is 10.6. The van der Waals surface area contributed by atoms with E-state index >= 15 is 0 Å². The topological polar surface area (TPSA) is 173 Å². The third-order valence-electron chi connectivity index (χ3n) is 3.93. The lowest BCUT2D eigenvalue weighted by Gasteiger charge is -2.42. The number of aliphatic hydroxyl groups is 3. The minimum absolute atomic E-state index is 0.598. The molecule has 11 heteroatoms. The van der Waals surface area contributed by atoms with Gasteiger partial charge in [-0.2, -0.15) is 5.26 Å². The Morgan fingerprint density at radius 3 is 1.94 bits per heavy atom. The van der Waals surface area contributed by atoms with Crippen molar-refractivity contribution < 1.29 is 48.7 Å². The molecule has 11 nitrogen and oxygen atoms in total. The van der Waals surface area contributed by atoms with E-state index in [0.29, 0.717) is 5.56 Å². The summed E-state index contributed by atoms with van der Waals surface area (Å²) < 4.78 is 19.8. The fourth-order valence-electron chi connectivity index (χ4n) is 2.73. The minimum atomic E-state index is -1.64. The molecule has 6 atom stereocenters. The second-order valence-corrected chi connectivity index (χ2v) is 6.41. The van der Waals surface area contributed by atoms with E-state index in [1.807, 2.05) is 6.07 Å². The zero-order valence-electron chi connectivity index (χ0n) is 17.2. The van der Waals surface area contributed by atoms with Gasteiger partial charge in [-0.25, -0.2) is 0 Å². The van der Waals surface area contributed by atoms with Gasteiger partial charge in [0.05, 0.1) is 12.7 Å². The van der Waals surface area contributed by atoms with Gasteiger partial charge in [0.25, 0.3) is 0 Å². The number of nitriles is 1. The smallest absolute Gasteiger partial charge is 0.303 e. The van der Waals surface area contributed by atoms with Gasteiger partial charge in [-0.1, -0.05) is 30.3 Å². The van der Waals surface area contributed by atoms with Crippen molar-refractivity contribution in [1.82, 2.24) is 0 Å². The maximum absolute atomic E-state index is 11.2. The molecule has 2 rings (SSSR count). The second kappa shape index (κ2) is 12.6. The first-order valence-electron chi connectivity index (χ1n) is 9.19. The van der Waals surface area contributed by atoms with Crippen molar-refractivity contribution in [2.45, 2.75) is 57.6 Å². The maximum Gasteiger partial charge on any atom is 0.303 e. The predicted octanol–water partition coefficient (Wildman–Crippen LogP) is -0.265. The normalized spacial score (nSPS) is 25.6. The highest BCUT2D eigenvalue weighted by Crippen LogP contribution is 2.27. The maximum atomic E-state index is 11.2. The van der Waals surface area contributed by atoms with Crippen molar-refractivity contribution in [3.8, 4) is 6.07 Å². The Balaban J connectivity index is 0.000000399. The van der Waals surface area contributed by atoms with Crippen LogP contribution in [0.1, 0.15) is 32.4 Å². The van der Waals surface area contributed by atoms with E-state index in [4.69, 9.17) is 29.3 Å². The lowest BCUT2D eigenvalue weighted by atomic mass is 9.98. The summed E-state index contributed by atoms with van der Waals surface area (Å²) in [5.74, 6) is -2.19. The molecule has 1 aliphatic heterocycles. The standard InChI is InChI=1S/C12H18O9.C8H7NO/c1-5(14)18-9-8(4-13)21-12(17)11(20-7(3)16)10(9)19-6(2)15;9-6-8(10)7-4-2-1-3-5-7/h8-13,17H,4H2,1-3H3;1-5,8,10H/t8-,9-,10+,11-,12?;/m1./s1. The van der Waals surface area contributed by atoms with Gasteiger partial charge in [0, 0.05) is 20.8 Å². The van der Waals surface area contributed by atoms with Crippen LogP contribution in [0, 0.1) is 11.3 Å². The number of nitrogens with zero attached hydrogens (tertiary/aromatic N) is 1. The van der Waals surface area contributed by atoms with Crippen LogP contribution in [0.5, 0.6) is 0 Å². The molecule has 1 aromatic rings. The summed E-state index contributed by atoms with van der Waals surface area (Å²) in [4.78, 5) is 33.4. The van der Waals surface area contributed by atoms with Crippen molar-refractivity contribution >= 4 is 17.9 Å². The Hall–Kier alpha value is -3.04. The van der Waals surface area contributed by atoms with Crippen molar-refractivity contribution in [1.29, 1.82) is 5.26 Å². The summed E-state index contributed by atoms with van der Waals surface area (Å²) in [6.45, 7) is 2.71. The van der Waals surface area contributed by atoms with E-state index in [-0.39, 0.29) is 0 Å². The number of esters is 3. The molecule has 0 aliphatic carbocycles. The zero-order chi connectivity index (χ0) is 23.6. The lowest BCUT2D eigenvalue weighted by molar-refractivity contribution is -0.295. The van der Waals surface area contributed by atoms with Crippen molar-refractivity contribution in [2.24, 2.45) is 0 Å². The summed E-state index contributed by atoms with van der Waals surface area (Å²) in [6, 6.07) is 10.6. The van der Waals surface area contributed by atoms with Gasteiger partial charge in [0.2, 0.25) is 0 Å². The Labute approximate surface area is 178 Å². The number of carbonyl (C=O) groups is 3. The van der Waals surface area contributed by atoms with Crippen LogP contribution in [0.4, 0.5) is 0 Å². The highest BCUT2D eigenvalue weighted by atomic mass is 16.7. The van der Waals surface area contributed by atoms with E-state index < -0.39 is 61.3 Å².